The van der Waals surface area contributed by atoms with E-state index < -0.39 is 21.6 Å². The van der Waals surface area contributed by atoms with Gasteiger partial charge < -0.3 is 5.32 Å². The number of rotatable bonds is 6. The minimum Gasteiger partial charge on any atom is -0.351 e. The van der Waals surface area contributed by atoms with Gasteiger partial charge in [-0.05, 0) is 44.9 Å². The van der Waals surface area contributed by atoms with Crippen molar-refractivity contribution in [3.8, 4) is 0 Å². The van der Waals surface area contributed by atoms with Crippen LogP contribution in [0.25, 0.3) is 0 Å². The Morgan fingerprint density at radius 2 is 1.97 bits per heavy atom. The van der Waals surface area contributed by atoms with Gasteiger partial charge in [0.2, 0.25) is 5.82 Å². The van der Waals surface area contributed by atoms with Gasteiger partial charge in [0.1, 0.15) is 5.69 Å². The molecular formula is C19H26FN5O3S. The molecule has 0 spiro atoms. The molecule has 0 bridgehead atoms. The highest BCUT2D eigenvalue weighted by Crippen LogP contribution is 2.31. The molecule has 0 amide bonds. The Hall–Kier alpha value is -2.43. The van der Waals surface area contributed by atoms with Crippen LogP contribution in [0.1, 0.15) is 30.1 Å². The molecule has 1 fully saturated rings. The van der Waals surface area contributed by atoms with Gasteiger partial charge in [0.15, 0.2) is 0 Å². The van der Waals surface area contributed by atoms with Crippen LogP contribution in [-0.4, -0.2) is 37.9 Å². The van der Waals surface area contributed by atoms with Crippen LogP contribution >= 0.6 is 0 Å². The summed E-state index contributed by atoms with van der Waals surface area (Å²) in [6.07, 6.45) is 2.47. The Morgan fingerprint density at radius 1 is 1.24 bits per heavy atom. The number of nitrogens with zero attached hydrogens (tertiary/aromatic N) is 2. The van der Waals surface area contributed by atoms with E-state index >= 15 is 4.39 Å². The summed E-state index contributed by atoms with van der Waals surface area (Å²) in [6, 6.07) is 5.52. The molecule has 1 atom stereocenters. The summed E-state index contributed by atoms with van der Waals surface area (Å²) in [4.78, 5) is 12.7. The van der Waals surface area contributed by atoms with E-state index in [1.807, 2.05) is 26.0 Å². The van der Waals surface area contributed by atoms with Crippen molar-refractivity contribution in [1.29, 1.82) is 0 Å². The highest BCUT2D eigenvalue weighted by atomic mass is 32.2. The first-order valence-electron chi connectivity index (χ1n) is 9.32. The predicted molar refractivity (Wildman–Crippen MR) is 112 cm³/mol. The van der Waals surface area contributed by atoms with E-state index in [0.29, 0.717) is 18.7 Å². The summed E-state index contributed by atoms with van der Waals surface area (Å²) in [5.74, 6) is -1.04. The van der Waals surface area contributed by atoms with Crippen molar-refractivity contribution in [2.24, 2.45) is 0 Å². The minimum absolute atomic E-state index is 0.0375. The van der Waals surface area contributed by atoms with Crippen LogP contribution in [0, 0.1) is 19.7 Å². The molecule has 2 heterocycles. The van der Waals surface area contributed by atoms with Crippen LogP contribution in [0.2, 0.25) is 0 Å². The van der Waals surface area contributed by atoms with Crippen LogP contribution < -0.4 is 20.9 Å². The van der Waals surface area contributed by atoms with Crippen LogP contribution in [0.4, 0.5) is 21.5 Å². The molecule has 1 aromatic carbocycles. The van der Waals surface area contributed by atoms with E-state index in [1.165, 1.54) is 24.9 Å². The first kappa shape index (κ1) is 21.3. The second-order valence-corrected chi connectivity index (χ2v) is 9.27. The smallest absolute Gasteiger partial charge is 0.301 e. The van der Waals surface area contributed by atoms with Crippen molar-refractivity contribution >= 4 is 27.3 Å². The molecule has 1 aliphatic heterocycles. The monoisotopic (exact) mass is 423 g/mol. The molecule has 3 rings (SSSR count). The third kappa shape index (κ3) is 4.44. The Kier molecular flexibility index (Phi) is 5.97. The number of aromatic nitrogens is 1. The van der Waals surface area contributed by atoms with Crippen molar-refractivity contribution in [3.05, 3.63) is 51.7 Å². The zero-order chi connectivity index (χ0) is 21.3. The average molecular weight is 424 g/mol. The molecule has 1 unspecified atom stereocenters. The maximum atomic E-state index is 15.2. The molecule has 0 saturated carbocycles. The lowest BCUT2D eigenvalue weighted by atomic mass is 10.1. The molecule has 158 valence electrons. The van der Waals surface area contributed by atoms with Crippen LogP contribution in [0.5, 0.6) is 0 Å². The second-order valence-electron chi connectivity index (χ2n) is 7.39. The molecule has 2 aromatic rings. The highest BCUT2D eigenvalue weighted by molar-refractivity contribution is 7.90. The lowest BCUT2D eigenvalue weighted by Gasteiger charge is -2.22. The van der Waals surface area contributed by atoms with E-state index in [9.17, 15) is 13.2 Å². The van der Waals surface area contributed by atoms with Gasteiger partial charge in [-0.1, -0.05) is 17.7 Å². The summed E-state index contributed by atoms with van der Waals surface area (Å²) in [5.41, 5.74) is 1.39. The SMILES string of the molecule is Cc1ccc(Nc2c(NS(=O)(=O)N(C)C)cn(C3CCCN3)c(=O)c2F)c(C)c1. The molecule has 0 radical (unpaired) electrons. The number of hydrogen-bond donors (Lipinski definition) is 3. The first-order valence-corrected chi connectivity index (χ1v) is 10.8. The number of halogens is 1. The van der Waals surface area contributed by atoms with Crippen LogP contribution in [0.15, 0.2) is 29.2 Å². The summed E-state index contributed by atoms with van der Waals surface area (Å²) in [6.45, 7) is 4.49. The van der Waals surface area contributed by atoms with E-state index in [0.717, 1.165) is 21.9 Å². The molecule has 1 aliphatic rings. The standard InChI is InChI=1S/C19H26FN5O3S/c1-12-7-8-14(13(2)10-12)22-18-15(23-29(27,28)24(3)4)11-25(19(26)17(18)20)16-6-5-9-21-16/h7-8,10-11,16,21-23H,5-6,9H2,1-4H3. The second kappa shape index (κ2) is 8.13. The molecule has 29 heavy (non-hydrogen) atoms. The van der Waals surface area contributed by atoms with Crippen molar-refractivity contribution < 1.29 is 12.8 Å². The number of pyridine rings is 1. The Morgan fingerprint density at radius 3 is 2.55 bits per heavy atom. The molecular weight excluding hydrogens is 397 g/mol. The normalized spacial score (nSPS) is 17.0. The van der Waals surface area contributed by atoms with Gasteiger partial charge in [-0.2, -0.15) is 17.1 Å². The number of hydrogen-bond acceptors (Lipinski definition) is 5. The van der Waals surface area contributed by atoms with Crippen LogP contribution in [-0.2, 0) is 10.2 Å². The van der Waals surface area contributed by atoms with Crippen molar-refractivity contribution in [3.63, 3.8) is 0 Å². The molecule has 8 nitrogen and oxygen atoms in total. The van der Waals surface area contributed by atoms with Crippen molar-refractivity contribution in [1.82, 2.24) is 14.2 Å². The molecule has 3 N–H and O–H groups in total. The van der Waals surface area contributed by atoms with Gasteiger partial charge in [-0.15, -0.1) is 0 Å². The highest BCUT2D eigenvalue weighted by Gasteiger charge is 2.25. The zero-order valence-corrected chi connectivity index (χ0v) is 17.7. The fourth-order valence-corrected chi connectivity index (χ4v) is 3.87. The van der Waals surface area contributed by atoms with Gasteiger partial charge in [0.25, 0.3) is 5.56 Å². The third-order valence-electron chi connectivity index (χ3n) is 4.91. The Bertz CT molecular complexity index is 1080. The third-order valence-corrected chi connectivity index (χ3v) is 6.35. The number of benzene rings is 1. The number of anilines is 3. The lowest BCUT2D eigenvalue weighted by molar-refractivity contribution is 0.440. The van der Waals surface area contributed by atoms with Gasteiger partial charge in [-0.3, -0.25) is 19.4 Å². The maximum Gasteiger partial charge on any atom is 0.301 e. The molecule has 1 saturated heterocycles. The van der Waals surface area contributed by atoms with Gasteiger partial charge in [0.05, 0.1) is 11.9 Å². The van der Waals surface area contributed by atoms with Crippen molar-refractivity contribution in [2.45, 2.75) is 32.9 Å². The number of nitrogens with one attached hydrogen (secondary N) is 3. The van der Waals surface area contributed by atoms with Crippen LogP contribution in [0.3, 0.4) is 0 Å². The van der Waals surface area contributed by atoms with E-state index in [-0.39, 0.29) is 17.5 Å². The van der Waals surface area contributed by atoms with E-state index in [2.05, 4.69) is 15.4 Å². The van der Waals surface area contributed by atoms with E-state index in [4.69, 9.17) is 0 Å². The summed E-state index contributed by atoms with van der Waals surface area (Å²) in [5, 5.41) is 6.03. The topological polar surface area (TPSA) is 95.5 Å². The molecule has 10 heteroatoms. The number of aryl methyl sites for hydroxylation is 2. The van der Waals surface area contributed by atoms with Gasteiger partial charge >= 0.3 is 10.2 Å². The zero-order valence-electron chi connectivity index (χ0n) is 16.9. The Balaban J connectivity index is 2.14. The summed E-state index contributed by atoms with van der Waals surface area (Å²) >= 11 is 0. The molecule has 1 aromatic heterocycles. The van der Waals surface area contributed by atoms with Gasteiger partial charge in [-0.25, -0.2) is 0 Å². The lowest BCUT2D eigenvalue weighted by Crippen LogP contribution is -2.34. The first-order chi connectivity index (χ1) is 13.6. The fourth-order valence-electron chi connectivity index (χ4n) is 3.25. The quantitative estimate of drug-likeness (QED) is 0.663. The average Bonchev–Trinajstić information content (AvgIpc) is 3.17. The fraction of sp³-hybridized carbons (Fsp3) is 0.421. The molecule has 0 aliphatic carbocycles. The maximum absolute atomic E-state index is 15.2. The summed E-state index contributed by atoms with van der Waals surface area (Å²) in [7, 11) is -1.18. The largest absolute Gasteiger partial charge is 0.351 e. The van der Waals surface area contributed by atoms with Crippen molar-refractivity contribution in [2.75, 3.05) is 30.7 Å². The van der Waals surface area contributed by atoms with E-state index in [1.54, 1.807) is 6.07 Å². The Labute approximate surface area is 169 Å². The van der Waals surface area contributed by atoms with Gasteiger partial charge in [0, 0.05) is 26.0 Å². The predicted octanol–water partition coefficient (Wildman–Crippen LogP) is 2.45. The minimum atomic E-state index is -3.91. The summed E-state index contributed by atoms with van der Waals surface area (Å²) < 4.78 is 44.6.